The van der Waals surface area contributed by atoms with Gasteiger partial charge in [0.1, 0.15) is 17.6 Å². The molecule has 9 heteroatoms. The van der Waals surface area contributed by atoms with Gasteiger partial charge in [0.25, 0.3) is 0 Å². The van der Waals surface area contributed by atoms with E-state index in [1.807, 2.05) is 43.3 Å². The largest absolute Gasteiger partial charge is 0.494 e. The van der Waals surface area contributed by atoms with E-state index in [-0.39, 0.29) is 12.3 Å². The molecular weight excluding hydrogens is 430 g/mol. The zero-order chi connectivity index (χ0) is 22.9. The van der Waals surface area contributed by atoms with Crippen molar-refractivity contribution >= 4 is 5.65 Å². The Morgan fingerprint density at radius 3 is 2.67 bits per heavy atom. The van der Waals surface area contributed by atoms with E-state index in [9.17, 15) is 13.9 Å². The molecule has 2 aromatic heterocycles. The smallest absolute Gasteiger partial charge is 0.387 e. The van der Waals surface area contributed by atoms with Gasteiger partial charge >= 0.3 is 6.61 Å². The molecule has 7 nitrogen and oxygen atoms in total. The number of alkyl halides is 2. The molecule has 2 atom stereocenters. The van der Waals surface area contributed by atoms with Gasteiger partial charge in [0.05, 0.1) is 29.7 Å². The van der Waals surface area contributed by atoms with Crippen LogP contribution in [0.25, 0.3) is 16.9 Å². The lowest BCUT2D eigenvalue weighted by Crippen LogP contribution is -2.35. The minimum absolute atomic E-state index is 0.0601. The number of fused-ring (bicyclic) bond motifs is 3. The van der Waals surface area contributed by atoms with Crippen LogP contribution < -0.4 is 14.8 Å². The van der Waals surface area contributed by atoms with Gasteiger partial charge in [-0.15, -0.1) is 0 Å². The Kier molecular flexibility index (Phi) is 5.65. The van der Waals surface area contributed by atoms with E-state index in [1.165, 1.54) is 6.07 Å². The number of β-amino-alcohol motifs (C(OH)–C–C–N with tert-alkyl or cyclic N) is 1. The number of halogens is 2. The number of para-hydroxylation sites is 1. The average molecular weight is 452 g/mol. The van der Waals surface area contributed by atoms with Crippen LogP contribution in [0.4, 0.5) is 8.78 Å². The number of hydrogen-bond donors (Lipinski definition) is 2. The van der Waals surface area contributed by atoms with Crippen LogP contribution in [-0.4, -0.2) is 39.5 Å². The van der Waals surface area contributed by atoms with Crippen molar-refractivity contribution in [1.29, 1.82) is 0 Å². The van der Waals surface area contributed by atoms with Gasteiger partial charge in [0.15, 0.2) is 5.65 Å². The van der Waals surface area contributed by atoms with Crippen LogP contribution in [0.15, 0.2) is 60.7 Å². The molecule has 0 unspecified atom stereocenters. The molecule has 1 aliphatic heterocycles. The first-order chi connectivity index (χ1) is 16.0. The molecule has 170 valence electrons. The average Bonchev–Trinajstić information content (AvgIpc) is 3.20. The lowest BCUT2D eigenvalue weighted by molar-refractivity contribution is -0.0507. The van der Waals surface area contributed by atoms with E-state index in [0.29, 0.717) is 34.9 Å². The molecule has 0 amide bonds. The zero-order valence-corrected chi connectivity index (χ0v) is 17.8. The van der Waals surface area contributed by atoms with Crippen molar-refractivity contribution in [3.63, 3.8) is 0 Å². The zero-order valence-electron chi connectivity index (χ0n) is 17.8. The first kappa shape index (κ1) is 21.3. The lowest BCUT2D eigenvalue weighted by atomic mass is 9.96. The molecule has 33 heavy (non-hydrogen) atoms. The maximum absolute atomic E-state index is 13.0. The number of hydrogen-bond acceptors (Lipinski definition) is 6. The second-order valence-corrected chi connectivity index (χ2v) is 7.60. The highest BCUT2D eigenvalue weighted by Gasteiger charge is 2.34. The van der Waals surface area contributed by atoms with Crippen molar-refractivity contribution in [3.8, 4) is 22.8 Å². The van der Waals surface area contributed by atoms with Crippen LogP contribution in [0, 0.1) is 0 Å². The van der Waals surface area contributed by atoms with Gasteiger partial charge in [-0.25, -0.2) is 9.50 Å². The van der Waals surface area contributed by atoms with Crippen LogP contribution in [-0.2, 0) is 0 Å². The summed E-state index contributed by atoms with van der Waals surface area (Å²) in [6.45, 7) is -0.227. The topological polar surface area (TPSA) is 80.9 Å². The predicted molar refractivity (Wildman–Crippen MR) is 117 cm³/mol. The fraction of sp³-hybridized carbons (Fsp3) is 0.250. The van der Waals surface area contributed by atoms with Crippen molar-refractivity contribution in [2.45, 2.75) is 25.7 Å². The second-order valence-electron chi connectivity index (χ2n) is 7.60. The Morgan fingerprint density at radius 1 is 1.12 bits per heavy atom. The van der Waals surface area contributed by atoms with E-state index < -0.39 is 18.8 Å². The first-order valence-corrected chi connectivity index (χ1v) is 10.6. The molecule has 0 radical (unpaired) electrons. The summed E-state index contributed by atoms with van der Waals surface area (Å²) >= 11 is 0. The van der Waals surface area contributed by atoms with Crippen LogP contribution in [0.3, 0.4) is 0 Å². The van der Waals surface area contributed by atoms with Crippen LogP contribution in [0.5, 0.6) is 11.5 Å². The first-order valence-electron chi connectivity index (χ1n) is 10.6. The minimum atomic E-state index is -2.95. The highest BCUT2D eigenvalue weighted by atomic mass is 19.3. The Morgan fingerprint density at radius 2 is 1.91 bits per heavy atom. The summed E-state index contributed by atoms with van der Waals surface area (Å²) in [6, 6.07) is 17.3. The van der Waals surface area contributed by atoms with Crippen LogP contribution in [0.1, 0.15) is 36.0 Å². The van der Waals surface area contributed by atoms with E-state index in [2.05, 4.69) is 10.3 Å². The molecule has 4 aromatic rings. The summed E-state index contributed by atoms with van der Waals surface area (Å²) < 4.78 is 37.9. The number of ether oxygens (including phenoxy) is 2. The monoisotopic (exact) mass is 452 g/mol. The number of imidazole rings is 1. The maximum Gasteiger partial charge on any atom is 0.387 e. The molecule has 0 saturated carbocycles. The summed E-state index contributed by atoms with van der Waals surface area (Å²) in [5.41, 5.74) is 3.69. The van der Waals surface area contributed by atoms with Gasteiger partial charge in [0, 0.05) is 17.7 Å². The Hall–Kier alpha value is -3.56. The van der Waals surface area contributed by atoms with Crippen LogP contribution in [0.2, 0.25) is 0 Å². The van der Waals surface area contributed by atoms with Gasteiger partial charge in [0.2, 0.25) is 0 Å². The number of nitrogens with zero attached hydrogens (tertiary/aromatic N) is 3. The quantitative estimate of drug-likeness (QED) is 0.458. The summed E-state index contributed by atoms with van der Waals surface area (Å²) in [4.78, 5) is 4.58. The molecule has 0 saturated heterocycles. The van der Waals surface area contributed by atoms with Crippen molar-refractivity contribution in [2.75, 3.05) is 13.2 Å². The highest BCUT2D eigenvalue weighted by molar-refractivity contribution is 5.62. The number of aliphatic hydroxyl groups is 1. The van der Waals surface area contributed by atoms with E-state index in [0.717, 1.165) is 11.3 Å². The van der Waals surface area contributed by atoms with Crippen molar-refractivity contribution in [2.24, 2.45) is 0 Å². The number of rotatable bonds is 6. The summed E-state index contributed by atoms with van der Waals surface area (Å²) in [5.74, 6) is 0.829. The maximum atomic E-state index is 13.0. The third-order valence-corrected chi connectivity index (χ3v) is 5.55. The Bertz CT molecular complexity index is 1280. The molecule has 2 aromatic carbocycles. The molecule has 0 spiro atoms. The van der Waals surface area contributed by atoms with Crippen LogP contribution >= 0.6 is 0 Å². The molecule has 0 bridgehead atoms. The van der Waals surface area contributed by atoms with Gasteiger partial charge < -0.3 is 19.9 Å². The Balaban J connectivity index is 1.62. The SMILES string of the molecule is CCOc1ccc(-c2ccc3nc4c(n3n2)[C@H](c2ccccc2OC(F)F)NC[C@@H]4O)cc1. The molecule has 5 rings (SSSR count). The molecule has 1 aliphatic rings. The molecule has 0 fully saturated rings. The standard InChI is InChI=1S/C24H22F2N4O3/c1-2-32-15-9-7-14(8-10-15)17-11-12-20-28-22-18(31)13-27-21(23(22)30(20)29-17)16-5-3-4-6-19(16)33-24(25)26/h3-12,18,21,24,27,31H,2,13H2,1H3/t18-,21-/m0/s1. The van der Waals surface area contributed by atoms with Crippen molar-refractivity contribution in [1.82, 2.24) is 19.9 Å². The van der Waals surface area contributed by atoms with Gasteiger partial charge in [-0.2, -0.15) is 13.9 Å². The number of aromatic nitrogens is 3. The summed E-state index contributed by atoms with van der Waals surface area (Å²) in [7, 11) is 0. The number of aliphatic hydroxyl groups excluding tert-OH is 1. The third-order valence-electron chi connectivity index (χ3n) is 5.55. The number of nitrogens with one attached hydrogen (secondary N) is 1. The fourth-order valence-electron chi connectivity index (χ4n) is 4.13. The Labute approximate surface area is 188 Å². The van der Waals surface area contributed by atoms with E-state index in [4.69, 9.17) is 14.6 Å². The van der Waals surface area contributed by atoms with Gasteiger partial charge in [-0.3, -0.25) is 0 Å². The number of benzene rings is 2. The normalized spacial score (nSPS) is 17.8. The molecule has 3 heterocycles. The predicted octanol–water partition coefficient (Wildman–Crippen LogP) is 4.12. The summed E-state index contributed by atoms with van der Waals surface area (Å²) in [5, 5.41) is 18.6. The van der Waals surface area contributed by atoms with Crippen molar-refractivity contribution in [3.05, 3.63) is 77.6 Å². The molecule has 2 N–H and O–H groups in total. The lowest BCUT2D eigenvalue weighted by Gasteiger charge is -2.28. The fourth-order valence-corrected chi connectivity index (χ4v) is 4.13. The molecular formula is C24H22F2N4O3. The van der Waals surface area contributed by atoms with Gasteiger partial charge in [-0.1, -0.05) is 18.2 Å². The second kappa shape index (κ2) is 8.76. The van der Waals surface area contributed by atoms with E-state index >= 15 is 0 Å². The third kappa shape index (κ3) is 4.01. The highest BCUT2D eigenvalue weighted by Crippen LogP contribution is 2.37. The van der Waals surface area contributed by atoms with E-state index in [1.54, 1.807) is 22.7 Å². The molecule has 0 aliphatic carbocycles. The van der Waals surface area contributed by atoms with Crippen molar-refractivity contribution < 1.29 is 23.4 Å². The minimum Gasteiger partial charge on any atom is -0.494 e. The summed E-state index contributed by atoms with van der Waals surface area (Å²) in [6.07, 6.45) is -0.852. The van der Waals surface area contributed by atoms with Gasteiger partial charge in [-0.05, 0) is 49.4 Å².